The van der Waals surface area contributed by atoms with E-state index in [0.29, 0.717) is 11.6 Å². The topological polar surface area (TPSA) is 149 Å². The molecule has 2 fully saturated rings. The van der Waals surface area contributed by atoms with Crippen molar-refractivity contribution in [2.24, 2.45) is 0 Å². The molecule has 2 heterocycles. The zero-order valence-corrected chi connectivity index (χ0v) is 21.5. The summed E-state index contributed by atoms with van der Waals surface area (Å²) in [6, 6.07) is 11.6. The fourth-order valence-electron chi connectivity index (χ4n) is 4.28. The lowest BCUT2D eigenvalue weighted by Gasteiger charge is -2.36. The standard InChI is InChI=1S/C25H31N4O7P/c1-2-36-25(32)29-12-10-28(11-13-29)24(31)22(16-37(33,34)35)27-23(30)21-15-19(17-8-9-17)14-20(26-21)18-6-4-3-5-7-18/h3-7,14-15,17,22H,2,8-13,16H2,1H3,(H,27,30)(H2,33,34,35). The smallest absolute Gasteiger partial charge is 0.409 e. The van der Waals surface area contributed by atoms with Crippen molar-refractivity contribution < 1.29 is 33.5 Å². The van der Waals surface area contributed by atoms with E-state index in [0.717, 1.165) is 24.0 Å². The second-order valence-electron chi connectivity index (χ2n) is 9.20. The van der Waals surface area contributed by atoms with Crippen molar-refractivity contribution >= 4 is 25.5 Å². The van der Waals surface area contributed by atoms with E-state index in [2.05, 4.69) is 10.3 Å². The van der Waals surface area contributed by atoms with Crippen LogP contribution in [0.5, 0.6) is 0 Å². The summed E-state index contributed by atoms with van der Waals surface area (Å²) in [5, 5.41) is 2.52. The number of ether oxygens (including phenoxy) is 1. The molecule has 37 heavy (non-hydrogen) atoms. The predicted molar refractivity (Wildman–Crippen MR) is 135 cm³/mol. The first-order valence-electron chi connectivity index (χ1n) is 12.3. The minimum Gasteiger partial charge on any atom is -0.450 e. The summed E-state index contributed by atoms with van der Waals surface area (Å²) in [5.41, 5.74) is 2.50. The molecular formula is C25H31N4O7P. The summed E-state index contributed by atoms with van der Waals surface area (Å²) in [6.45, 7) is 2.66. The van der Waals surface area contributed by atoms with Gasteiger partial charge in [-0.15, -0.1) is 0 Å². The number of rotatable bonds is 8. The molecule has 2 aromatic rings. The largest absolute Gasteiger partial charge is 0.450 e. The van der Waals surface area contributed by atoms with Gasteiger partial charge in [0.05, 0.1) is 18.5 Å². The predicted octanol–water partition coefficient (Wildman–Crippen LogP) is 2.20. The zero-order valence-electron chi connectivity index (χ0n) is 20.6. The van der Waals surface area contributed by atoms with Crippen LogP contribution in [-0.4, -0.2) is 87.5 Å². The third kappa shape index (κ3) is 7.15. The lowest BCUT2D eigenvalue weighted by Crippen LogP contribution is -2.56. The Hall–Kier alpha value is -3.27. The van der Waals surface area contributed by atoms with Crippen molar-refractivity contribution in [3.05, 3.63) is 53.7 Å². The molecule has 1 saturated carbocycles. The minimum atomic E-state index is -4.65. The molecule has 0 spiro atoms. The van der Waals surface area contributed by atoms with Gasteiger partial charge in [-0.1, -0.05) is 30.3 Å². The average Bonchev–Trinajstić information content (AvgIpc) is 3.73. The summed E-state index contributed by atoms with van der Waals surface area (Å²) < 4.78 is 16.8. The van der Waals surface area contributed by atoms with Crippen LogP contribution >= 0.6 is 7.60 Å². The van der Waals surface area contributed by atoms with Gasteiger partial charge < -0.3 is 29.6 Å². The summed E-state index contributed by atoms with van der Waals surface area (Å²) in [4.78, 5) is 65.0. The van der Waals surface area contributed by atoms with Crippen LogP contribution in [0, 0.1) is 0 Å². The fourth-order valence-corrected chi connectivity index (χ4v) is 5.00. The Bertz CT molecular complexity index is 1190. The summed E-state index contributed by atoms with van der Waals surface area (Å²) in [5.74, 6) is -0.973. The number of carbonyl (C=O) groups is 3. The number of amides is 3. The molecule has 1 atom stereocenters. The average molecular weight is 531 g/mol. The third-order valence-corrected chi connectivity index (χ3v) is 7.18. The van der Waals surface area contributed by atoms with E-state index in [9.17, 15) is 28.7 Å². The van der Waals surface area contributed by atoms with Gasteiger partial charge in [-0.3, -0.25) is 14.2 Å². The number of nitrogens with zero attached hydrogens (tertiary/aromatic N) is 3. The number of piperazine rings is 1. The number of hydrogen-bond acceptors (Lipinski definition) is 6. The maximum atomic E-state index is 13.3. The highest BCUT2D eigenvalue weighted by atomic mass is 31.2. The Labute approximate surface area is 215 Å². The van der Waals surface area contributed by atoms with E-state index in [-0.39, 0.29) is 38.5 Å². The van der Waals surface area contributed by atoms with Crippen LogP contribution in [0.25, 0.3) is 11.3 Å². The third-order valence-electron chi connectivity index (χ3n) is 6.34. The van der Waals surface area contributed by atoms with Gasteiger partial charge in [-0.2, -0.15) is 0 Å². The van der Waals surface area contributed by atoms with Gasteiger partial charge in [0.15, 0.2) is 0 Å². The summed E-state index contributed by atoms with van der Waals surface area (Å²) in [7, 11) is -4.65. The number of hydrogen-bond donors (Lipinski definition) is 3. The van der Waals surface area contributed by atoms with Crippen molar-refractivity contribution in [2.45, 2.75) is 31.7 Å². The van der Waals surface area contributed by atoms with Crippen molar-refractivity contribution in [2.75, 3.05) is 38.9 Å². The molecule has 198 valence electrons. The van der Waals surface area contributed by atoms with Gasteiger partial charge in [-0.25, -0.2) is 9.78 Å². The van der Waals surface area contributed by atoms with Gasteiger partial charge in [-0.05, 0) is 43.4 Å². The van der Waals surface area contributed by atoms with Gasteiger partial charge >= 0.3 is 13.7 Å². The number of pyridine rings is 1. The van der Waals surface area contributed by atoms with Gasteiger partial charge in [0.2, 0.25) is 5.91 Å². The molecular weight excluding hydrogens is 499 g/mol. The fraction of sp³-hybridized carbons (Fsp3) is 0.440. The normalized spacial score (nSPS) is 16.7. The molecule has 12 heteroatoms. The quantitative estimate of drug-likeness (QED) is 0.440. The highest BCUT2D eigenvalue weighted by Crippen LogP contribution is 2.41. The monoisotopic (exact) mass is 530 g/mol. The van der Waals surface area contributed by atoms with Gasteiger partial charge in [0, 0.05) is 31.7 Å². The lowest BCUT2D eigenvalue weighted by atomic mass is 10.0. The van der Waals surface area contributed by atoms with Crippen LogP contribution < -0.4 is 5.32 Å². The van der Waals surface area contributed by atoms with Crippen molar-refractivity contribution in [1.82, 2.24) is 20.1 Å². The van der Waals surface area contributed by atoms with E-state index in [1.165, 1.54) is 9.80 Å². The van der Waals surface area contributed by atoms with Crippen LogP contribution in [0.1, 0.15) is 41.7 Å². The molecule has 1 aliphatic heterocycles. The highest BCUT2D eigenvalue weighted by molar-refractivity contribution is 7.51. The Morgan fingerprint density at radius 3 is 2.32 bits per heavy atom. The van der Waals surface area contributed by atoms with Crippen LogP contribution in [0.3, 0.4) is 0 Å². The van der Waals surface area contributed by atoms with E-state index >= 15 is 0 Å². The Balaban J connectivity index is 1.52. The molecule has 0 bridgehead atoms. The molecule has 1 aromatic carbocycles. The summed E-state index contributed by atoms with van der Waals surface area (Å²) in [6.07, 6.45) is 0.696. The first kappa shape index (κ1) is 26.8. The molecule has 1 aliphatic carbocycles. The highest BCUT2D eigenvalue weighted by Gasteiger charge is 2.35. The molecule has 1 aromatic heterocycles. The van der Waals surface area contributed by atoms with Crippen molar-refractivity contribution in [1.29, 1.82) is 0 Å². The van der Waals surface area contributed by atoms with Crippen LogP contribution in [0.2, 0.25) is 0 Å². The maximum absolute atomic E-state index is 13.3. The Kier molecular flexibility index (Phi) is 8.26. The van der Waals surface area contributed by atoms with E-state index in [1.54, 1.807) is 13.0 Å². The van der Waals surface area contributed by atoms with E-state index in [4.69, 9.17) is 4.74 Å². The minimum absolute atomic E-state index is 0.0823. The maximum Gasteiger partial charge on any atom is 0.409 e. The van der Waals surface area contributed by atoms with Crippen molar-refractivity contribution in [3.8, 4) is 11.3 Å². The zero-order chi connectivity index (χ0) is 26.6. The number of carbonyl (C=O) groups excluding carboxylic acids is 3. The first-order chi connectivity index (χ1) is 17.6. The second-order valence-corrected chi connectivity index (χ2v) is 10.9. The van der Waals surface area contributed by atoms with Crippen LogP contribution in [0.4, 0.5) is 4.79 Å². The van der Waals surface area contributed by atoms with E-state index in [1.807, 2.05) is 36.4 Å². The number of aromatic nitrogens is 1. The van der Waals surface area contributed by atoms with Gasteiger partial charge in [0.1, 0.15) is 11.7 Å². The Morgan fingerprint density at radius 2 is 1.73 bits per heavy atom. The molecule has 4 rings (SSSR count). The summed E-state index contributed by atoms with van der Waals surface area (Å²) >= 11 is 0. The SMILES string of the molecule is CCOC(=O)N1CCN(C(=O)C(CP(=O)(O)O)NC(=O)c2cc(C3CC3)cc(-c3ccccc3)n2)CC1. The molecule has 1 unspecified atom stereocenters. The lowest BCUT2D eigenvalue weighted by molar-refractivity contribution is -0.134. The molecule has 2 aliphatic rings. The molecule has 3 amide bonds. The second kappa shape index (κ2) is 11.4. The number of nitrogens with one attached hydrogen (secondary N) is 1. The van der Waals surface area contributed by atoms with E-state index < -0.39 is 37.7 Å². The van der Waals surface area contributed by atoms with Gasteiger partial charge in [0.25, 0.3) is 5.91 Å². The van der Waals surface area contributed by atoms with Crippen LogP contribution in [0.15, 0.2) is 42.5 Å². The van der Waals surface area contributed by atoms with Crippen molar-refractivity contribution in [3.63, 3.8) is 0 Å². The molecule has 0 radical (unpaired) electrons. The van der Waals surface area contributed by atoms with Crippen LogP contribution in [-0.2, 0) is 14.1 Å². The molecule has 1 saturated heterocycles. The molecule has 11 nitrogen and oxygen atoms in total. The number of benzene rings is 1. The molecule has 3 N–H and O–H groups in total. The Morgan fingerprint density at radius 1 is 1.08 bits per heavy atom. The first-order valence-corrected chi connectivity index (χ1v) is 14.1.